The monoisotopic (exact) mass is 374 g/mol. The molecule has 150 valence electrons. The van der Waals surface area contributed by atoms with Gasteiger partial charge in [0.25, 0.3) is 0 Å². The van der Waals surface area contributed by atoms with Gasteiger partial charge in [-0.05, 0) is 75.2 Å². The molecule has 27 heavy (non-hydrogen) atoms. The first-order valence-corrected chi connectivity index (χ1v) is 10.5. The third kappa shape index (κ3) is 3.82. The van der Waals surface area contributed by atoms with Crippen LogP contribution in [-0.2, 0) is 20.8 Å². The molecule has 0 radical (unpaired) electrons. The molecule has 0 aromatic heterocycles. The van der Waals surface area contributed by atoms with Crippen molar-refractivity contribution in [3.8, 4) is 0 Å². The van der Waals surface area contributed by atoms with Crippen LogP contribution in [0.1, 0.15) is 57.9 Å². The smallest absolute Gasteiger partial charge is 0.163 e. The molecule has 3 aliphatic rings. The fourth-order valence-electron chi connectivity index (χ4n) is 5.77. The minimum absolute atomic E-state index is 0.0887. The number of ether oxygens (including phenoxy) is 3. The molecule has 0 amide bonds. The summed E-state index contributed by atoms with van der Waals surface area (Å²) < 4.78 is 18.2. The Morgan fingerprint density at radius 3 is 2.70 bits per heavy atom. The maximum atomic E-state index is 10.2. The van der Waals surface area contributed by atoms with Gasteiger partial charge >= 0.3 is 0 Å². The first-order chi connectivity index (χ1) is 13.0. The summed E-state index contributed by atoms with van der Waals surface area (Å²) >= 11 is 0. The lowest BCUT2D eigenvalue weighted by Crippen LogP contribution is -2.46. The van der Waals surface area contributed by atoms with Crippen LogP contribution in [0.15, 0.2) is 30.3 Å². The van der Waals surface area contributed by atoms with Crippen LogP contribution in [0.3, 0.4) is 0 Å². The van der Waals surface area contributed by atoms with Gasteiger partial charge in [-0.1, -0.05) is 30.3 Å². The molecule has 2 aliphatic carbocycles. The zero-order valence-corrected chi connectivity index (χ0v) is 16.8. The van der Waals surface area contributed by atoms with E-state index in [2.05, 4.69) is 12.1 Å². The molecule has 4 heteroatoms. The van der Waals surface area contributed by atoms with Crippen molar-refractivity contribution < 1.29 is 19.3 Å². The second-order valence-corrected chi connectivity index (χ2v) is 9.39. The van der Waals surface area contributed by atoms with Gasteiger partial charge in [-0.2, -0.15) is 0 Å². The molecule has 1 aromatic carbocycles. The van der Waals surface area contributed by atoms with E-state index in [4.69, 9.17) is 14.2 Å². The van der Waals surface area contributed by atoms with Crippen molar-refractivity contribution in [2.45, 2.75) is 70.4 Å². The topological polar surface area (TPSA) is 47.9 Å². The van der Waals surface area contributed by atoms with E-state index in [1.807, 2.05) is 32.0 Å². The Bertz CT molecular complexity index is 631. The molecule has 2 saturated carbocycles. The number of benzene rings is 1. The third-order valence-corrected chi connectivity index (χ3v) is 7.26. The summed E-state index contributed by atoms with van der Waals surface area (Å²) in [4.78, 5) is 0. The zero-order chi connectivity index (χ0) is 19.0. The highest BCUT2D eigenvalue weighted by molar-refractivity contribution is 5.13. The van der Waals surface area contributed by atoms with Crippen molar-refractivity contribution in [2.24, 2.45) is 17.3 Å². The summed E-state index contributed by atoms with van der Waals surface area (Å²) in [5.74, 6) is 0.609. The molecule has 2 bridgehead atoms. The maximum Gasteiger partial charge on any atom is 0.163 e. The molecule has 3 fully saturated rings. The molecular formula is C23H34O4. The van der Waals surface area contributed by atoms with Gasteiger partial charge in [0.2, 0.25) is 0 Å². The Morgan fingerprint density at radius 2 is 2.00 bits per heavy atom. The Balaban J connectivity index is 1.30. The summed E-state index contributed by atoms with van der Waals surface area (Å²) in [7, 11) is 0. The van der Waals surface area contributed by atoms with Crippen molar-refractivity contribution in [2.75, 3.05) is 19.8 Å². The summed E-state index contributed by atoms with van der Waals surface area (Å²) in [5.41, 5.74) is 1.19. The van der Waals surface area contributed by atoms with Gasteiger partial charge in [0, 0.05) is 13.2 Å². The lowest BCUT2D eigenvalue weighted by atomic mass is 9.67. The maximum absolute atomic E-state index is 10.2. The molecule has 4 nitrogen and oxygen atoms in total. The van der Waals surface area contributed by atoms with E-state index >= 15 is 0 Å². The molecule has 4 rings (SSSR count). The highest BCUT2D eigenvalue weighted by Crippen LogP contribution is 2.62. The molecule has 1 heterocycles. The lowest BCUT2D eigenvalue weighted by molar-refractivity contribution is -0.182. The van der Waals surface area contributed by atoms with Crippen LogP contribution in [0.4, 0.5) is 0 Å². The predicted octanol–water partition coefficient (Wildman–Crippen LogP) is 4.30. The van der Waals surface area contributed by atoms with Gasteiger partial charge in [0.05, 0.1) is 18.8 Å². The van der Waals surface area contributed by atoms with Gasteiger partial charge in [-0.15, -0.1) is 0 Å². The van der Waals surface area contributed by atoms with Crippen molar-refractivity contribution in [1.29, 1.82) is 0 Å². The minimum atomic E-state index is -0.470. The van der Waals surface area contributed by atoms with E-state index in [0.717, 1.165) is 45.1 Å². The first-order valence-electron chi connectivity index (χ1n) is 10.5. The van der Waals surface area contributed by atoms with Crippen molar-refractivity contribution in [3.05, 3.63) is 35.9 Å². The summed E-state index contributed by atoms with van der Waals surface area (Å²) in [6.45, 7) is 6.52. The fraction of sp³-hybridized carbons (Fsp3) is 0.739. The number of fused-ring (bicyclic) bond motifs is 3. The lowest BCUT2D eigenvalue weighted by Gasteiger charge is -2.43. The van der Waals surface area contributed by atoms with Gasteiger partial charge in [-0.3, -0.25) is 0 Å². The summed E-state index contributed by atoms with van der Waals surface area (Å²) in [6, 6.07) is 10.3. The quantitative estimate of drug-likeness (QED) is 0.723. The van der Waals surface area contributed by atoms with E-state index in [1.165, 1.54) is 5.56 Å². The van der Waals surface area contributed by atoms with Crippen LogP contribution in [0.2, 0.25) is 0 Å². The van der Waals surface area contributed by atoms with E-state index in [1.54, 1.807) is 0 Å². The van der Waals surface area contributed by atoms with Crippen LogP contribution in [0, 0.1) is 17.3 Å². The van der Waals surface area contributed by atoms with Crippen molar-refractivity contribution >= 4 is 0 Å². The average molecular weight is 375 g/mol. The number of aliphatic hydroxyl groups is 1. The first kappa shape index (κ1) is 19.4. The molecule has 1 aliphatic heterocycles. The van der Waals surface area contributed by atoms with Crippen LogP contribution < -0.4 is 0 Å². The molecule has 1 aromatic rings. The van der Waals surface area contributed by atoms with Crippen LogP contribution >= 0.6 is 0 Å². The molecule has 4 atom stereocenters. The van der Waals surface area contributed by atoms with E-state index in [9.17, 15) is 5.11 Å². The number of hydrogen-bond donors (Lipinski definition) is 1. The highest BCUT2D eigenvalue weighted by Gasteiger charge is 2.61. The predicted molar refractivity (Wildman–Crippen MR) is 104 cm³/mol. The van der Waals surface area contributed by atoms with Crippen LogP contribution in [0.5, 0.6) is 0 Å². The number of rotatable bonds is 7. The summed E-state index contributed by atoms with van der Waals surface area (Å²) in [6.07, 6.45) is 6.49. The minimum Gasteiger partial charge on any atom is -0.396 e. The van der Waals surface area contributed by atoms with Crippen LogP contribution in [-0.4, -0.2) is 36.3 Å². The van der Waals surface area contributed by atoms with Gasteiger partial charge in [-0.25, -0.2) is 0 Å². The number of hydrogen-bond acceptors (Lipinski definition) is 4. The van der Waals surface area contributed by atoms with Gasteiger partial charge in [0.15, 0.2) is 5.79 Å². The van der Waals surface area contributed by atoms with Crippen molar-refractivity contribution in [1.82, 2.24) is 0 Å². The highest BCUT2D eigenvalue weighted by atomic mass is 16.8. The third-order valence-electron chi connectivity index (χ3n) is 7.26. The van der Waals surface area contributed by atoms with Gasteiger partial charge < -0.3 is 19.3 Å². The molecule has 1 saturated heterocycles. The van der Waals surface area contributed by atoms with E-state index < -0.39 is 5.79 Å². The van der Waals surface area contributed by atoms with E-state index in [0.29, 0.717) is 31.7 Å². The molecular weight excluding hydrogens is 340 g/mol. The Kier molecular flexibility index (Phi) is 5.36. The largest absolute Gasteiger partial charge is 0.396 e. The molecule has 0 unspecified atom stereocenters. The standard InChI is InChI=1S/C23H34O4/c1-21(2)26-17-23(27-21)11-10-22(16-24)14-20(23)13-19(22)9-6-12-25-15-18-7-4-3-5-8-18/h3-5,7-8,19-20,24H,6,9-17H2,1-2H3/t19-,20+,22+,23-/m0/s1. The normalized spacial score (nSPS) is 37.1. The Hall–Kier alpha value is -0.940. The van der Waals surface area contributed by atoms with Gasteiger partial charge in [0.1, 0.15) is 0 Å². The SMILES string of the molecule is CC1(C)OC[C@]2(CC[C@]3(CO)C[C@H]2C[C@@H]3CCCOCc2ccccc2)O1. The van der Waals surface area contributed by atoms with Crippen LogP contribution in [0.25, 0.3) is 0 Å². The average Bonchev–Trinajstić information content (AvgIpc) is 3.16. The Labute approximate surface area is 163 Å². The van der Waals surface area contributed by atoms with E-state index in [-0.39, 0.29) is 11.0 Å². The molecule has 1 spiro atoms. The number of aliphatic hydroxyl groups excluding tert-OH is 1. The summed E-state index contributed by atoms with van der Waals surface area (Å²) in [5, 5.41) is 10.2. The zero-order valence-electron chi connectivity index (χ0n) is 16.8. The second kappa shape index (κ2) is 7.47. The van der Waals surface area contributed by atoms with Crippen molar-refractivity contribution in [3.63, 3.8) is 0 Å². The molecule has 1 N–H and O–H groups in total. The second-order valence-electron chi connectivity index (χ2n) is 9.39. The fourth-order valence-corrected chi connectivity index (χ4v) is 5.77. The Morgan fingerprint density at radius 1 is 1.19 bits per heavy atom.